The molecule has 26 heavy (non-hydrogen) atoms. The van der Waals surface area contributed by atoms with Gasteiger partial charge in [0.1, 0.15) is 0 Å². The maximum Gasteiger partial charge on any atom is 0.306 e. The maximum atomic E-state index is 11.2. The van der Waals surface area contributed by atoms with Gasteiger partial charge >= 0.3 is 11.9 Å². The van der Waals surface area contributed by atoms with Crippen molar-refractivity contribution < 1.29 is 24.2 Å². The van der Waals surface area contributed by atoms with Gasteiger partial charge in [-0.3, -0.25) is 9.59 Å². The van der Waals surface area contributed by atoms with Crippen LogP contribution in [0.1, 0.15) is 78.1 Å². The molecule has 0 spiro atoms. The molecule has 0 heterocycles. The molecule has 0 radical (unpaired) electrons. The SMILES string of the molecule is CCOC(=O)CC1CCC(Br)CC1.CCOC(=O)CC1CCC(O)CC1. The number of alkyl halides is 1. The Labute approximate surface area is 166 Å². The third-order valence-corrected chi connectivity index (χ3v) is 6.03. The number of aliphatic hydroxyl groups is 1. The Morgan fingerprint density at radius 2 is 1.19 bits per heavy atom. The van der Waals surface area contributed by atoms with Gasteiger partial charge in [0.25, 0.3) is 0 Å². The van der Waals surface area contributed by atoms with Crippen molar-refractivity contribution in [2.24, 2.45) is 11.8 Å². The third kappa shape index (κ3) is 10.5. The normalized spacial score (nSPS) is 28.5. The second-order valence-corrected chi connectivity index (χ2v) is 8.61. The largest absolute Gasteiger partial charge is 0.466 e. The fourth-order valence-electron chi connectivity index (χ4n) is 3.59. The molecule has 2 aliphatic carbocycles. The molecule has 0 amide bonds. The van der Waals surface area contributed by atoms with Crippen LogP contribution in [0.25, 0.3) is 0 Å². The molecule has 152 valence electrons. The van der Waals surface area contributed by atoms with Crippen molar-refractivity contribution >= 4 is 27.9 Å². The van der Waals surface area contributed by atoms with Gasteiger partial charge < -0.3 is 14.6 Å². The van der Waals surface area contributed by atoms with Crippen LogP contribution in [0.4, 0.5) is 0 Å². The van der Waals surface area contributed by atoms with E-state index in [1.807, 2.05) is 13.8 Å². The van der Waals surface area contributed by atoms with Crippen molar-refractivity contribution in [3.63, 3.8) is 0 Å². The molecule has 2 saturated carbocycles. The molecule has 0 unspecified atom stereocenters. The second-order valence-electron chi connectivity index (χ2n) is 7.31. The number of ether oxygens (including phenoxy) is 2. The summed E-state index contributed by atoms with van der Waals surface area (Å²) in [6.45, 7) is 4.65. The predicted molar refractivity (Wildman–Crippen MR) is 105 cm³/mol. The number of hydrogen-bond acceptors (Lipinski definition) is 5. The van der Waals surface area contributed by atoms with Crippen molar-refractivity contribution in [3.05, 3.63) is 0 Å². The molecule has 0 aromatic heterocycles. The molecule has 2 aliphatic rings. The average Bonchev–Trinajstić information content (AvgIpc) is 2.60. The molecule has 1 N–H and O–H groups in total. The zero-order valence-electron chi connectivity index (χ0n) is 16.3. The summed E-state index contributed by atoms with van der Waals surface area (Å²) in [5.41, 5.74) is 0. The van der Waals surface area contributed by atoms with E-state index in [1.165, 1.54) is 12.8 Å². The van der Waals surface area contributed by atoms with Gasteiger partial charge in [-0.1, -0.05) is 15.9 Å². The minimum absolute atomic E-state index is 0.0273. The van der Waals surface area contributed by atoms with Crippen molar-refractivity contribution in [2.75, 3.05) is 13.2 Å². The van der Waals surface area contributed by atoms with Gasteiger partial charge in [0.05, 0.1) is 19.3 Å². The number of aliphatic hydroxyl groups excluding tert-OH is 1. The van der Waals surface area contributed by atoms with E-state index < -0.39 is 0 Å². The fourth-order valence-corrected chi connectivity index (χ4v) is 4.11. The van der Waals surface area contributed by atoms with E-state index >= 15 is 0 Å². The van der Waals surface area contributed by atoms with Crippen LogP contribution in [0.2, 0.25) is 0 Å². The first-order chi connectivity index (χ1) is 12.4. The molecule has 0 saturated heterocycles. The van der Waals surface area contributed by atoms with Gasteiger partial charge in [-0.15, -0.1) is 0 Å². The summed E-state index contributed by atoms with van der Waals surface area (Å²) in [6, 6.07) is 0. The molecule has 0 bridgehead atoms. The summed E-state index contributed by atoms with van der Waals surface area (Å²) in [7, 11) is 0. The molecular formula is C20H35BrO5. The molecular weight excluding hydrogens is 400 g/mol. The van der Waals surface area contributed by atoms with Crippen molar-refractivity contribution in [1.82, 2.24) is 0 Å². The molecule has 2 fully saturated rings. The van der Waals surface area contributed by atoms with E-state index in [4.69, 9.17) is 9.47 Å². The molecule has 0 aliphatic heterocycles. The van der Waals surface area contributed by atoms with E-state index in [-0.39, 0.29) is 18.0 Å². The van der Waals surface area contributed by atoms with Gasteiger partial charge in [0.2, 0.25) is 0 Å². The van der Waals surface area contributed by atoms with Crippen molar-refractivity contribution in [3.8, 4) is 0 Å². The average molecular weight is 435 g/mol. The Balaban J connectivity index is 0.000000260. The monoisotopic (exact) mass is 434 g/mol. The zero-order chi connectivity index (χ0) is 19.4. The smallest absolute Gasteiger partial charge is 0.306 e. The highest BCUT2D eigenvalue weighted by Gasteiger charge is 2.22. The predicted octanol–water partition coefficient (Wildman–Crippen LogP) is 4.38. The Kier molecular flexibility index (Phi) is 12.2. The van der Waals surface area contributed by atoms with E-state index in [0.29, 0.717) is 42.7 Å². The van der Waals surface area contributed by atoms with E-state index in [1.54, 1.807) is 0 Å². The van der Waals surface area contributed by atoms with Gasteiger partial charge in [0.15, 0.2) is 0 Å². The fraction of sp³-hybridized carbons (Fsp3) is 0.900. The number of carbonyl (C=O) groups is 2. The zero-order valence-corrected chi connectivity index (χ0v) is 17.8. The summed E-state index contributed by atoms with van der Waals surface area (Å²) < 4.78 is 9.79. The van der Waals surface area contributed by atoms with Crippen LogP contribution in [0.3, 0.4) is 0 Å². The lowest BCUT2D eigenvalue weighted by atomic mass is 9.85. The summed E-state index contributed by atoms with van der Waals surface area (Å²) in [5.74, 6) is 0.875. The Morgan fingerprint density at radius 1 is 0.808 bits per heavy atom. The number of halogens is 1. The summed E-state index contributed by atoms with van der Waals surface area (Å²) in [6.07, 6.45) is 9.32. The Morgan fingerprint density at radius 3 is 1.58 bits per heavy atom. The highest BCUT2D eigenvalue weighted by molar-refractivity contribution is 9.09. The number of carbonyl (C=O) groups excluding carboxylic acids is 2. The van der Waals surface area contributed by atoms with Crippen LogP contribution in [-0.2, 0) is 19.1 Å². The van der Waals surface area contributed by atoms with Crippen molar-refractivity contribution in [1.29, 1.82) is 0 Å². The Bertz CT molecular complexity index is 361. The van der Waals surface area contributed by atoms with Crippen LogP contribution < -0.4 is 0 Å². The highest BCUT2D eigenvalue weighted by Crippen LogP contribution is 2.30. The van der Waals surface area contributed by atoms with Crippen LogP contribution in [0.5, 0.6) is 0 Å². The topological polar surface area (TPSA) is 72.8 Å². The first kappa shape index (κ1) is 23.4. The maximum absolute atomic E-state index is 11.2. The van der Waals surface area contributed by atoms with E-state index in [0.717, 1.165) is 38.5 Å². The molecule has 6 heteroatoms. The van der Waals surface area contributed by atoms with Crippen molar-refractivity contribution in [2.45, 2.75) is 89.0 Å². The summed E-state index contributed by atoms with van der Waals surface area (Å²) in [5, 5.41) is 9.25. The third-order valence-electron chi connectivity index (χ3n) is 5.11. The molecule has 2 rings (SSSR count). The summed E-state index contributed by atoms with van der Waals surface area (Å²) >= 11 is 3.60. The van der Waals surface area contributed by atoms with Gasteiger partial charge in [0, 0.05) is 17.7 Å². The standard InChI is InChI=1S/C10H17BrO2.C10H18O3/c2*1-2-13-10(12)7-8-3-5-9(11)6-4-8/h8-9H,2-7H2,1H3;8-9,11H,2-7H2,1H3. The first-order valence-corrected chi connectivity index (χ1v) is 11.0. The van der Waals surface area contributed by atoms with Crippen LogP contribution in [0.15, 0.2) is 0 Å². The van der Waals surface area contributed by atoms with Crippen LogP contribution in [-0.4, -0.2) is 41.2 Å². The lowest BCUT2D eigenvalue weighted by Crippen LogP contribution is -2.21. The minimum atomic E-state index is -0.140. The first-order valence-electron chi connectivity index (χ1n) is 10.1. The van der Waals surface area contributed by atoms with Crippen LogP contribution >= 0.6 is 15.9 Å². The molecule has 0 aromatic rings. The minimum Gasteiger partial charge on any atom is -0.466 e. The number of hydrogen-bond donors (Lipinski definition) is 1. The lowest BCUT2D eigenvalue weighted by molar-refractivity contribution is -0.145. The van der Waals surface area contributed by atoms with E-state index in [9.17, 15) is 14.7 Å². The number of rotatable bonds is 6. The molecule has 0 aromatic carbocycles. The number of esters is 2. The Hall–Kier alpha value is -0.620. The van der Waals surface area contributed by atoms with Gasteiger partial charge in [-0.2, -0.15) is 0 Å². The molecule has 0 atom stereocenters. The van der Waals surface area contributed by atoms with Gasteiger partial charge in [-0.05, 0) is 77.0 Å². The van der Waals surface area contributed by atoms with Crippen LogP contribution in [0, 0.1) is 11.8 Å². The van der Waals surface area contributed by atoms with E-state index in [2.05, 4.69) is 15.9 Å². The van der Waals surface area contributed by atoms with Gasteiger partial charge in [-0.25, -0.2) is 0 Å². The highest BCUT2D eigenvalue weighted by atomic mass is 79.9. The molecule has 5 nitrogen and oxygen atoms in total. The summed E-state index contributed by atoms with van der Waals surface area (Å²) in [4.78, 5) is 22.9. The second kappa shape index (κ2) is 13.5. The quantitative estimate of drug-likeness (QED) is 0.495. The lowest BCUT2D eigenvalue weighted by Gasteiger charge is -2.24.